The normalized spacial score (nSPS) is 18.7. The van der Waals surface area contributed by atoms with Crippen LogP contribution in [-0.2, 0) is 16.0 Å². The Balaban J connectivity index is 1.65. The molecule has 1 atom stereocenters. The zero-order chi connectivity index (χ0) is 16.2. The lowest BCUT2D eigenvalue weighted by Gasteiger charge is -2.33. The molecule has 0 saturated carbocycles. The van der Waals surface area contributed by atoms with Crippen molar-refractivity contribution in [3.63, 3.8) is 0 Å². The molecular formula is C18H25NO4. The summed E-state index contributed by atoms with van der Waals surface area (Å²) in [5.41, 5.74) is 1.17. The Morgan fingerprint density at radius 1 is 1.26 bits per heavy atom. The van der Waals surface area contributed by atoms with Gasteiger partial charge in [-0.2, -0.15) is 0 Å². The fourth-order valence-corrected chi connectivity index (χ4v) is 3.38. The Kier molecular flexibility index (Phi) is 5.06. The lowest BCUT2D eigenvalue weighted by Crippen LogP contribution is -2.44. The van der Waals surface area contributed by atoms with Gasteiger partial charge in [-0.25, -0.2) is 0 Å². The molecule has 2 heterocycles. The minimum absolute atomic E-state index is 0.114. The minimum atomic E-state index is 0.114. The van der Waals surface area contributed by atoms with Crippen LogP contribution in [0.2, 0.25) is 0 Å². The highest BCUT2D eigenvalue weighted by atomic mass is 16.7. The average molecular weight is 319 g/mol. The van der Waals surface area contributed by atoms with E-state index in [1.165, 1.54) is 5.56 Å². The topological polar surface area (TPSA) is 48.0 Å². The summed E-state index contributed by atoms with van der Waals surface area (Å²) in [5, 5.41) is 0. The van der Waals surface area contributed by atoms with Crippen molar-refractivity contribution in [1.29, 1.82) is 0 Å². The summed E-state index contributed by atoms with van der Waals surface area (Å²) in [6.07, 6.45) is 2.50. The van der Waals surface area contributed by atoms with E-state index >= 15 is 0 Å². The van der Waals surface area contributed by atoms with E-state index in [1.807, 2.05) is 24.0 Å². The minimum Gasteiger partial charge on any atom is -0.454 e. The highest BCUT2D eigenvalue weighted by molar-refractivity contribution is 5.79. The predicted molar refractivity (Wildman–Crippen MR) is 86.7 cm³/mol. The Labute approximate surface area is 137 Å². The number of rotatable bonds is 5. The van der Waals surface area contributed by atoms with Crippen LogP contribution in [0, 0.1) is 5.92 Å². The lowest BCUT2D eigenvalue weighted by molar-refractivity contribution is -0.140. The van der Waals surface area contributed by atoms with E-state index in [1.54, 1.807) is 0 Å². The molecule has 1 saturated heterocycles. The Hall–Kier alpha value is -1.75. The van der Waals surface area contributed by atoms with E-state index in [0.717, 1.165) is 37.3 Å². The van der Waals surface area contributed by atoms with Gasteiger partial charge in [-0.15, -0.1) is 0 Å². The first-order valence-electron chi connectivity index (χ1n) is 8.45. The van der Waals surface area contributed by atoms with Crippen LogP contribution in [0.3, 0.4) is 0 Å². The maximum absolute atomic E-state index is 12.8. The second-order valence-corrected chi connectivity index (χ2v) is 6.25. The summed E-state index contributed by atoms with van der Waals surface area (Å²) in [4.78, 5) is 14.8. The van der Waals surface area contributed by atoms with Gasteiger partial charge in [0.1, 0.15) is 0 Å². The van der Waals surface area contributed by atoms with Gasteiger partial charge in [-0.3, -0.25) is 4.79 Å². The van der Waals surface area contributed by atoms with Gasteiger partial charge in [0, 0.05) is 31.7 Å². The first-order chi connectivity index (χ1) is 11.2. The van der Waals surface area contributed by atoms with Gasteiger partial charge in [0.2, 0.25) is 12.7 Å². The van der Waals surface area contributed by atoms with Crippen molar-refractivity contribution >= 4 is 5.91 Å². The summed E-state index contributed by atoms with van der Waals surface area (Å²) < 4.78 is 16.1. The molecular weight excluding hydrogens is 294 g/mol. The number of carbonyl (C=O) groups excluding carboxylic acids is 1. The third-order valence-electron chi connectivity index (χ3n) is 4.69. The maximum Gasteiger partial charge on any atom is 0.231 e. The molecule has 0 radical (unpaired) electrons. The first kappa shape index (κ1) is 16.1. The summed E-state index contributed by atoms with van der Waals surface area (Å²) in [5.74, 6) is 1.98. The van der Waals surface area contributed by atoms with Gasteiger partial charge >= 0.3 is 0 Å². The summed E-state index contributed by atoms with van der Waals surface area (Å²) in [6, 6.07) is 6.18. The molecule has 0 aliphatic carbocycles. The van der Waals surface area contributed by atoms with Crippen molar-refractivity contribution < 1.29 is 19.0 Å². The fourth-order valence-electron chi connectivity index (χ4n) is 3.38. The molecule has 0 bridgehead atoms. The van der Waals surface area contributed by atoms with E-state index in [2.05, 4.69) is 13.0 Å². The van der Waals surface area contributed by atoms with Gasteiger partial charge in [0.05, 0.1) is 0 Å². The largest absolute Gasteiger partial charge is 0.454 e. The SMILES string of the molecule is CCN(C(=O)C1CCOCC1)C(C)Cc1ccc2c(c1)OCO2. The predicted octanol–water partition coefficient (Wildman–Crippen LogP) is 2.62. The number of fused-ring (bicyclic) bond motifs is 1. The van der Waals surface area contributed by atoms with E-state index in [4.69, 9.17) is 14.2 Å². The van der Waals surface area contributed by atoms with Crippen molar-refractivity contribution in [3.05, 3.63) is 23.8 Å². The fraction of sp³-hybridized carbons (Fsp3) is 0.611. The van der Waals surface area contributed by atoms with Crippen LogP contribution in [0.25, 0.3) is 0 Å². The first-order valence-corrected chi connectivity index (χ1v) is 8.45. The third kappa shape index (κ3) is 3.61. The molecule has 3 rings (SSSR count). The molecule has 0 N–H and O–H groups in total. The molecule has 23 heavy (non-hydrogen) atoms. The second-order valence-electron chi connectivity index (χ2n) is 6.25. The van der Waals surface area contributed by atoms with Crippen molar-refractivity contribution in [3.8, 4) is 11.5 Å². The van der Waals surface area contributed by atoms with Crippen LogP contribution < -0.4 is 9.47 Å². The number of amides is 1. The van der Waals surface area contributed by atoms with E-state index in [0.29, 0.717) is 13.2 Å². The van der Waals surface area contributed by atoms with E-state index in [9.17, 15) is 4.79 Å². The summed E-state index contributed by atoms with van der Waals surface area (Å²) in [6.45, 7) is 6.59. The van der Waals surface area contributed by atoms with Gasteiger partial charge < -0.3 is 19.1 Å². The number of hydrogen-bond acceptors (Lipinski definition) is 4. The molecule has 1 fully saturated rings. The van der Waals surface area contributed by atoms with Crippen molar-refractivity contribution in [2.24, 2.45) is 5.92 Å². The molecule has 1 aromatic carbocycles. The quantitative estimate of drug-likeness (QED) is 0.837. The molecule has 0 spiro atoms. The average Bonchev–Trinajstić information content (AvgIpc) is 3.04. The number of hydrogen-bond donors (Lipinski definition) is 0. The Morgan fingerprint density at radius 3 is 2.74 bits per heavy atom. The van der Waals surface area contributed by atoms with Crippen LogP contribution in [0.1, 0.15) is 32.3 Å². The van der Waals surface area contributed by atoms with Crippen LogP contribution in [0.4, 0.5) is 0 Å². The van der Waals surface area contributed by atoms with Crippen molar-refractivity contribution in [1.82, 2.24) is 4.90 Å². The molecule has 2 aliphatic heterocycles. The molecule has 1 amide bonds. The van der Waals surface area contributed by atoms with Crippen molar-refractivity contribution in [2.45, 2.75) is 39.2 Å². The van der Waals surface area contributed by atoms with Gasteiger partial charge in [-0.05, 0) is 50.8 Å². The number of carbonyl (C=O) groups is 1. The molecule has 5 nitrogen and oxygen atoms in total. The van der Waals surface area contributed by atoms with Crippen LogP contribution in [0.15, 0.2) is 18.2 Å². The highest BCUT2D eigenvalue weighted by Gasteiger charge is 2.28. The summed E-state index contributed by atoms with van der Waals surface area (Å²) >= 11 is 0. The number of ether oxygens (including phenoxy) is 3. The van der Waals surface area contributed by atoms with Gasteiger partial charge in [0.25, 0.3) is 0 Å². The van der Waals surface area contributed by atoms with Crippen molar-refractivity contribution in [2.75, 3.05) is 26.6 Å². The van der Waals surface area contributed by atoms with Crippen LogP contribution >= 0.6 is 0 Å². The number of benzene rings is 1. The molecule has 1 unspecified atom stereocenters. The molecule has 1 aromatic rings. The Bertz CT molecular complexity index is 554. The highest BCUT2D eigenvalue weighted by Crippen LogP contribution is 2.33. The standard InChI is InChI=1S/C18H25NO4/c1-3-19(18(20)15-6-8-21-9-7-15)13(2)10-14-4-5-16-17(11-14)23-12-22-16/h4-5,11,13,15H,3,6-10,12H2,1-2H3. The zero-order valence-electron chi connectivity index (χ0n) is 13.9. The van der Waals surface area contributed by atoms with Crippen LogP contribution in [-0.4, -0.2) is 43.4 Å². The summed E-state index contributed by atoms with van der Waals surface area (Å²) in [7, 11) is 0. The maximum atomic E-state index is 12.8. The molecule has 126 valence electrons. The monoisotopic (exact) mass is 319 g/mol. The second kappa shape index (κ2) is 7.21. The van der Waals surface area contributed by atoms with E-state index < -0.39 is 0 Å². The zero-order valence-corrected chi connectivity index (χ0v) is 13.9. The molecule has 5 heteroatoms. The third-order valence-corrected chi connectivity index (χ3v) is 4.69. The van der Waals surface area contributed by atoms with Crippen LogP contribution in [0.5, 0.6) is 11.5 Å². The van der Waals surface area contributed by atoms with E-state index in [-0.39, 0.29) is 24.7 Å². The molecule has 0 aromatic heterocycles. The Morgan fingerprint density at radius 2 is 2.00 bits per heavy atom. The van der Waals surface area contributed by atoms with Gasteiger partial charge in [-0.1, -0.05) is 6.07 Å². The smallest absolute Gasteiger partial charge is 0.231 e. The number of nitrogens with zero attached hydrogens (tertiary/aromatic N) is 1. The lowest BCUT2D eigenvalue weighted by atomic mass is 9.96. The molecule has 2 aliphatic rings. The number of likely N-dealkylation sites (N-methyl/N-ethyl adjacent to an activating group) is 1. The van der Waals surface area contributed by atoms with Gasteiger partial charge in [0.15, 0.2) is 11.5 Å².